The highest BCUT2D eigenvalue weighted by Crippen LogP contribution is 2.48. The largest absolute Gasteiger partial charge is 0.306 e. The fraction of sp³-hybridized carbons (Fsp3) is 0. The quantitative estimate of drug-likeness (QED) is 0.183. The SMILES string of the molecule is c1ccc(-c2nc(-c3ccccc3)nc(-c3cccc4c3c3c5ccccc5cc5c3n4c3cccc4sc6ccc7c8ccccc8n5c7c6c43)n2)cc1. The summed E-state index contributed by atoms with van der Waals surface area (Å²) in [6.45, 7) is 0. The van der Waals surface area contributed by atoms with E-state index in [1.165, 1.54) is 69.2 Å². The number of benzene rings is 8. The van der Waals surface area contributed by atoms with Gasteiger partial charge in [0.2, 0.25) is 0 Å². The normalized spacial score (nSPS) is 12.4. The van der Waals surface area contributed by atoms with Gasteiger partial charge in [-0.05, 0) is 47.2 Å². The van der Waals surface area contributed by atoms with E-state index in [0.29, 0.717) is 17.5 Å². The molecule has 0 spiro atoms. The average Bonchev–Trinajstić information content (AvgIpc) is 3.91. The van der Waals surface area contributed by atoms with E-state index in [1.54, 1.807) is 0 Å². The molecule has 55 heavy (non-hydrogen) atoms. The molecule has 8 aromatic carbocycles. The highest BCUT2D eigenvalue weighted by atomic mass is 32.1. The summed E-state index contributed by atoms with van der Waals surface area (Å²) in [5, 5.41) is 9.84. The van der Waals surface area contributed by atoms with Gasteiger partial charge in [-0.2, -0.15) is 0 Å². The van der Waals surface area contributed by atoms with Crippen LogP contribution in [0.1, 0.15) is 0 Å². The predicted molar refractivity (Wildman–Crippen MR) is 230 cm³/mol. The molecule has 0 atom stereocenters. The van der Waals surface area contributed by atoms with Crippen LogP contribution < -0.4 is 0 Å². The van der Waals surface area contributed by atoms with Crippen molar-refractivity contribution in [2.75, 3.05) is 0 Å². The van der Waals surface area contributed by atoms with E-state index < -0.39 is 0 Å². The Kier molecular flexibility index (Phi) is 5.71. The molecule has 13 rings (SSSR count). The molecule has 254 valence electrons. The lowest BCUT2D eigenvalue weighted by molar-refractivity contribution is 1.08. The Morgan fingerprint density at radius 2 is 0.964 bits per heavy atom. The van der Waals surface area contributed by atoms with Crippen molar-refractivity contribution in [1.82, 2.24) is 23.8 Å². The van der Waals surface area contributed by atoms with Crippen molar-refractivity contribution in [1.29, 1.82) is 0 Å². The molecule has 0 radical (unpaired) electrons. The number of nitrogens with zero attached hydrogens (tertiary/aromatic N) is 5. The van der Waals surface area contributed by atoms with Crippen LogP contribution in [0.3, 0.4) is 0 Å². The third kappa shape index (κ3) is 3.88. The summed E-state index contributed by atoms with van der Waals surface area (Å²) in [6, 6.07) is 58.6. The Morgan fingerprint density at radius 3 is 1.75 bits per heavy atom. The smallest absolute Gasteiger partial charge is 0.164 e. The summed E-state index contributed by atoms with van der Waals surface area (Å²) < 4.78 is 7.65. The first-order chi connectivity index (χ1) is 27.3. The van der Waals surface area contributed by atoms with Gasteiger partial charge < -0.3 is 8.80 Å². The molecular weight excluding hydrogens is 691 g/mol. The fourth-order valence-corrected chi connectivity index (χ4v) is 10.4. The van der Waals surface area contributed by atoms with E-state index in [2.05, 4.69) is 136 Å². The van der Waals surface area contributed by atoms with Crippen LogP contribution in [0.4, 0.5) is 0 Å². The van der Waals surface area contributed by atoms with Crippen LogP contribution in [-0.4, -0.2) is 23.8 Å². The number of rotatable bonds is 3. The standard InChI is InChI=1S/C49H27N5S/c1-3-13-28(14-4-1)47-50-48(29-15-5-2-6-16-29)52-49(51-47)34-20-11-22-36-41(34)42-31-18-8-7-17-30(31)27-38-46(42)54(36)37-23-12-24-39-43(37)44-40(55-39)26-25-33-32-19-9-10-21-35(32)53(38)45(33)44/h1-27H. The molecule has 13 aromatic rings. The highest BCUT2D eigenvalue weighted by molar-refractivity contribution is 7.26. The van der Waals surface area contributed by atoms with Crippen LogP contribution >= 0.6 is 11.3 Å². The van der Waals surface area contributed by atoms with Crippen molar-refractivity contribution in [2.24, 2.45) is 0 Å². The van der Waals surface area contributed by atoms with E-state index >= 15 is 0 Å². The zero-order valence-corrected chi connectivity index (χ0v) is 30.0. The molecule has 0 saturated carbocycles. The monoisotopic (exact) mass is 717 g/mol. The fourth-order valence-electron chi connectivity index (χ4n) is 9.22. The maximum atomic E-state index is 5.27. The summed E-state index contributed by atoms with van der Waals surface area (Å²) >= 11 is 1.88. The molecule has 0 unspecified atom stereocenters. The molecule has 0 fully saturated rings. The number of hydrogen-bond acceptors (Lipinski definition) is 4. The zero-order chi connectivity index (χ0) is 35.8. The topological polar surface area (TPSA) is 47.5 Å². The van der Waals surface area contributed by atoms with Gasteiger partial charge in [0.15, 0.2) is 17.5 Å². The summed E-state index contributed by atoms with van der Waals surface area (Å²) in [7, 11) is 0. The van der Waals surface area contributed by atoms with Crippen molar-refractivity contribution in [3.63, 3.8) is 0 Å². The van der Waals surface area contributed by atoms with Crippen molar-refractivity contribution in [3.8, 4) is 34.2 Å². The summed E-state index contributed by atoms with van der Waals surface area (Å²) in [6.07, 6.45) is 0. The lowest BCUT2D eigenvalue weighted by Gasteiger charge is -2.11. The second kappa shape index (κ2) is 10.7. The minimum atomic E-state index is 0.648. The summed E-state index contributed by atoms with van der Waals surface area (Å²) in [5.74, 6) is 1.95. The molecule has 0 bridgehead atoms. The second-order valence-corrected chi connectivity index (χ2v) is 15.4. The molecule has 0 amide bonds. The highest BCUT2D eigenvalue weighted by Gasteiger charge is 2.25. The molecule has 0 saturated heterocycles. The van der Waals surface area contributed by atoms with Gasteiger partial charge in [0.1, 0.15) is 0 Å². The van der Waals surface area contributed by atoms with Gasteiger partial charge in [-0.3, -0.25) is 0 Å². The first-order valence-electron chi connectivity index (χ1n) is 18.5. The molecule has 5 aromatic heterocycles. The van der Waals surface area contributed by atoms with E-state index in [0.717, 1.165) is 33.1 Å². The van der Waals surface area contributed by atoms with E-state index in [1.807, 2.05) is 47.7 Å². The maximum Gasteiger partial charge on any atom is 0.164 e. The summed E-state index contributed by atoms with van der Waals surface area (Å²) in [4.78, 5) is 15.6. The minimum absolute atomic E-state index is 0.648. The number of aromatic nitrogens is 5. The van der Waals surface area contributed by atoms with Gasteiger partial charge >= 0.3 is 0 Å². The predicted octanol–water partition coefficient (Wildman–Crippen LogP) is 12.9. The Morgan fingerprint density at radius 1 is 0.364 bits per heavy atom. The van der Waals surface area contributed by atoms with Crippen molar-refractivity contribution in [3.05, 3.63) is 164 Å². The molecule has 5 heterocycles. The number of thiophene rings is 1. The van der Waals surface area contributed by atoms with Crippen molar-refractivity contribution < 1.29 is 0 Å². The molecule has 0 aliphatic heterocycles. The number of para-hydroxylation sites is 1. The Balaban J connectivity index is 1.31. The molecule has 5 nitrogen and oxygen atoms in total. The Labute approximate surface area is 317 Å². The van der Waals surface area contributed by atoms with Gasteiger partial charge in [-0.15, -0.1) is 11.3 Å². The molecule has 0 aliphatic rings. The Hall–Kier alpha value is -7.15. The molecule has 0 N–H and O–H groups in total. The first-order valence-corrected chi connectivity index (χ1v) is 19.4. The number of hydrogen-bond donors (Lipinski definition) is 0. The maximum absolute atomic E-state index is 5.27. The minimum Gasteiger partial charge on any atom is -0.306 e. The van der Waals surface area contributed by atoms with Crippen LogP contribution in [0.25, 0.3) is 120 Å². The molecule has 0 aliphatic carbocycles. The van der Waals surface area contributed by atoms with Crippen molar-refractivity contribution >= 4 is 96.9 Å². The third-order valence-electron chi connectivity index (χ3n) is 11.5. The van der Waals surface area contributed by atoms with E-state index in [-0.39, 0.29) is 0 Å². The van der Waals surface area contributed by atoms with Gasteiger partial charge in [0, 0.05) is 58.4 Å². The van der Waals surface area contributed by atoms with Crippen LogP contribution in [0.5, 0.6) is 0 Å². The zero-order valence-electron chi connectivity index (χ0n) is 29.2. The summed E-state index contributed by atoms with van der Waals surface area (Å²) in [5.41, 5.74) is 9.98. The lowest BCUT2D eigenvalue weighted by Crippen LogP contribution is -2.00. The lowest BCUT2D eigenvalue weighted by atomic mass is 9.99. The van der Waals surface area contributed by atoms with Crippen LogP contribution in [0.2, 0.25) is 0 Å². The van der Waals surface area contributed by atoms with Gasteiger partial charge in [0.25, 0.3) is 0 Å². The Bertz CT molecular complexity index is 3650. The first kappa shape index (κ1) is 29.3. The average molecular weight is 718 g/mol. The third-order valence-corrected chi connectivity index (χ3v) is 12.6. The molecular formula is C49H27N5S. The van der Waals surface area contributed by atoms with Gasteiger partial charge in [0.05, 0.1) is 33.1 Å². The van der Waals surface area contributed by atoms with Crippen LogP contribution in [-0.2, 0) is 0 Å². The van der Waals surface area contributed by atoms with Crippen molar-refractivity contribution in [2.45, 2.75) is 0 Å². The van der Waals surface area contributed by atoms with Gasteiger partial charge in [-0.25, -0.2) is 15.0 Å². The van der Waals surface area contributed by atoms with Gasteiger partial charge in [-0.1, -0.05) is 127 Å². The number of fused-ring (bicyclic) bond motifs is 10. The second-order valence-electron chi connectivity index (χ2n) is 14.4. The van der Waals surface area contributed by atoms with Crippen LogP contribution in [0.15, 0.2) is 164 Å². The van der Waals surface area contributed by atoms with Crippen LogP contribution in [0, 0.1) is 0 Å². The molecule has 6 heteroatoms. The van der Waals surface area contributed by atoms with E-state index in [4.69, 9.17) is 15.0 Å². The van der Waals surface area contributed by atoms with E-state index in [9.17, 15) is 0 Å².